The average molecular weight is 177 g/mol. The Labute approximate surface area is 72.4 Å². The van der Waals surface area contributed by atoms with Crippen LogP contribution in [0.15, 0.2) is 45.6 Å². The Hall–Kier alpha value is -1.22. The molecule has 0 aliphatic rings. The molecule has 0 N–H and O–H groups in total. The molecule has 0 aromatic carbocycles. The van der Waals surface area contributed by atoms with Crippen molar-refractivity contribution in [2.24, 2.45) is 0 Å². The van der Waals surface area contributed by atoms with E-state index in [4.69, 9.17) is 8.83 Å². The van der Waals surface area contributed by atoms with Gasteiger partial charge in [-0.2, -0.15) is 0 Å². The molecule has 0 unspecified atom stereocenters. The molecule has 0 fully saturated rings. The van der Waals surface area contributed by atoms with Crippen LogP contribution in [-0.2, 0) is 0 Å². The first-order valence-electron chi connectivity index (χ1n) is 3.79. The number of rotatable bonds is 2. The molecule has 2 rings (SSSR count). The van der Waals surface area contributed by atoms with Gasteiger partial charge in [-0.25, -0.2) is 0 Å². The van der Waals surface area contributed by atoms with Crippen LogP contribution in [0.1, 0.15) is 0 Å². The SMILES string of the molecule is C[Si](c1ccco1)c1ccco1. The standard InChI is InChI=1S/C9H9O2Si/c1-12(8-4-2-6-10-8)9-5-3-7-11-9/h2-7H,1H3. The summed E-state index contributed by atoms with van der Waals surface area (Å²) >= 11 is 0. The van der Waals surface area contributed by atoms with E-state index in [1.54, 1.807) is 12.5 Å². The smallest absolute Gasteiger partial charge is 0.212 e. The Morgan fingerprint density at radius 1 is 1.00 bits per heavy atom. The van der Waals surface area contributed by atoms with Crippen molar-refractivity contribution in [2.45, 2.75) is 6.55 Å². The van der Waals surface area contributed by atoms with E-state index in [2.05, 4.69) is 6.55 Å². The molecule has 0 atom stereocenters. The molecule has 12 heavy (non-hydrogen) atoms. The van der Waals surface area contributed by atoms with Gasteiger partial charge in [-0.1, -0.05) is 6.55 Å². The van der Waals surface area contributed by atoms with Crippen molar-refractivity contribution in [3.05, 3.63) is 36.8 Å². The summed E-state index contributed by atoms with van der Waals surface area (Å²) in [5, 5.41) is 2.07. The summed E-state index contributed by atoms with van der Waals surface area (Å²) in [6.45, 7) is 2.16. The summed E-state index contributed by atoms with van der Waals surface area (Å²) in [6.07, 6.45) is 3.40. The second kappa shape index (κ2) is 3.03. The molecule has 0 amide bonds. The molecular weight excluding hydrogens is 168 g/mol. The first-order valence-corrected chi connectivity index (χ1v) is 5.79. The maximum absolute atomic E-state index is 5.30. The zero-order valence-electron chi connectivity index (χ0n) is 6.78. The van der Waals surface area contributed by atoms with Crippen molar-refractivity contribution in [3.8, 4) is 0 Å². The van der Waals surface area contributed by atoms with Crippen molar-refractivity contribution in [1.82, 2.24) is 0 Å². The molecule has 0 saturated heterocycles. The van der Waals surface area contributed by atoms with E-state index >= 15 is 0 Å². The van der Waals surface area contributed by atoms with Crippen LogP contribution in [0, 0.1) is 0 Å². The molecule has 61 valence electrons. The molecule has 1 radical (unpaired) electrons. The van der Waals surface area contributed by atoms with Gasteiger partial charge in [0.15, 0.2) is 0 Å². The van der Waals surface area contributed by atoms with Crippen LogP contribution >= 0.6 is 0 Å². The largest absolute Gasteiger partial charge is 0.474 e. The van der Waals surface area contributed by atoms with E-state index < -0.39 is 8.80 Å². The van der Waals surface area contributed by atoms with Gasteiger partial charge in [-0.15, -0.1) is 0 Å². The third-order valence-electron chi connectivity index (χ3n) is 1.78. The molecule has 2 aromatic heterocycles. The normalized spacial score (nSPS) is 10.8. The van der Waals surface area contributed by atoms with E-state index in [-0.39, 0.29) is 0 Å². The minimum absolute atomic E-state index is 0.792. The molecule has 2 aromatic rings. The average Bonchev–Trinajstić information content (AvgIpc) is 2.77. The molecule has 2 heterocycles. The van der Waals surface area contributed by atoms with Crippen LogP contribution in [0.25, 0.3) is 0 Å². The van der Waals surface area contributed by atoms with Crippen LogP contribution in [0.3, 0.4) is 0 Å². The predicted octanol–water partition coefficient (Wildman–Crippen LogP) is 1.11. The van der Waals surface area contributed by atoms with Gasteiger partial charge in [0, 0.05) is 0 Å². The fourth-order valence-corrected chi connectivity index (χ4v) is 2.53. The molecule has 0 bridgehead atoms. The van der Waals surface area contributed by atoms with E-state index in [0.29, 0.717) is 0 Å². The van der Waals surface area contributed by atoms with Gasteiger partial charge in [0.2, 0.25) is 8.80 Å². The fraction of sp³-hybridized carbons (Fsp3) is 0.111. The Morgan fingerprint density at radius 3 is 1.83 bits per heavy atom. The van der Waals surface area contributed by atoms with Gasteiger partial charge >= 0.3 is 0 Å². The monoisotopic (exact) mass is 177 g/mol. The highest BCUT2D eigenvalue weighted by molar-refractivity contribution is 6.82. The van der Waals surface area contributed by atoms with Crippen molar-refractivity contribution in [3.63, 3.8) is 0 Å². The summed E-state index contributed by atoms with van der Waals surface area (Å²) in [5.41, 5.74) is 0. The van der Waals surface area contributed by atoms with Crippen LogP contribution in [0.2, 0.25) is 6.55 Å². The Morgan fingerprint density at radius 2 is 1.50 bits per heavy atom. The van der Waals surface area contributed by atoms with Gasteiger partial charge in [-0.3, -0.25) is 0 Å². The van der Waals surface area contributed by atoms with Crippen molar-refractivity contribution < 1.29 is 8.83 Å². The minimum Gasteiger partial charge on any atom is -0.474 e. The molecule has 2 nitrogen and oxygen atoms in total. The molecule has 0 saturated carbocycles. The molecular formula is C9H9O2Si. The Kier molecular flexibility index (Phi) is 1.87. The van der Waals surface area contributed by atoms with E-state index in [0.717, 1.165) is 10.8 Å². The highest BCUT2D eigenvalue weighted by atomic mass is 28.3. The topological polar surface area (TPSA) is 26.3 Å². The fourth-order valence-electron chi connectivity index (χ4n) is 1.11. The van der Waals surface area contributed by atoms with Crippen LogP contribution in [0.5, 0.6) is 0 Å². The van der Waals surface area contributed by atoms with Crippen molar-refractivity contribution >= 4 is 19.6 Å². The van der Waals surface area contributed by atoms with Crippen molar-refractivity contribution in [1.29, 1.82) is 0 Å². The molecule has 0 aliphatic heterocycles. The summed E-state index contributed by atoms with van der Waals surface area (Å²) in [6, 6.07) is 7.81. The maximum Gasteiger partial charge on any atom is 0.212 e. The van der Waals surface area contributed by atoms with Gasteiger partial charge < -0.3 is 8.83 Å². The summed E-state index contributed by atoms with van der Waals surface area (Å²) < 4.78 is 10.6. The first kappa shape index (κ1) is 7.43. The lowest BCUT2D eigenvalue weighted by Gasteiger charge is -2.00. The van der Waals surface area contributed by atoms with Crippen LogP contribution in [-0.4, -0.2) is 8.80 Å². The molecule has 0 spiro atoms. The highest BCUT2D eigenvalue weighted by Crippen LogP contribution is 1.92. The Balaban J connectivity index is 2.27. The number of hydrogen-bond donors (Lipinski definition) is 0. The number of hydrogen-bond acceptors (Lipinski definition) is 2. The molecule has 3 heteroatoms. The predicted molar refractivity (Wildman–Crippen MR) is 48.3 cm³/mol. The van der Waals surface area contributed by atoms with Crippen LogP contribution in [0.4, 0.5) is 0 Å². The third kappa shape index (κ3) is 1.23. The maximum atomic E-state index is 5.30. The Bertz CT molecular complexity index is 289. The zero-order chi connectivity index (χ0) is 8.39. The first-order chi connectivity index (χ1) is 5.88. The lowest BCUT2D eigenvalue weighted by Crippen LogP contribution is -2.37. The lowest BCUT2D eigenvalue weighted by atomic mass is 10.7. The minimum atomic E-state index is -0.792. The summed E-state index contributed by atoms with van der Waals surface area (Å²) in [7, 11) is -0.792. The van der Waals surface area contributed by atoms with Gasteiger partial charge in [-0.05, 0) is 24.3 Å². The molecule has 0 aliphatic carbocycles. The van der Waals surface area contributed by atoms with E-state index in [1.807, 2.05) is 24.3 Å². The van der Waals surface area contributed by atoms with Crippen LogP contribution < -0.4 is 10.8 Å². The van der Waals surface area contributed by atoms with E-state index in [9.17, 15) is 0 Å². The second-order valence-corrected chi connectivity index (χ2v) is 4.82. The highest BCUT2D eigenvalue weighted by Gasteiger charge is 2.16. The lowest BCUT2D eigenvalue weighted by molar-refractivity contribution is 0.587. The second-order valence-electron chi connectivity index (χ2n) is 2.58. The van der Waals surface area contributed by atoms with Gasteiger partial charge in [0.1, 0.15) is 0 Å². The third-order valence-corrected chi connectivity index (χ3v) is 3.83. The number of furan rings is 2. The van der Waals surface area contributed by atoms with Crippen molar-refractivity contribution in [2.75, 3.05) is 0 Å². The summed E-state index contributed by atoms with van der Waals surface area (Å²) in [5.74, 6) is 0. The zero-order valence-corrected chi connectivity index (χ0v) is 7.78. The quantitative estimate of drug-likeness (QED) is 0.642. The van der Waals surface area contributed by atoms with Gasteiger partial charge in [0.25, 0.3) is 0 Å². The summed E-state index contributed by atoms with van der Waals surface area (Å²) in [4.78, 5) is 0. The van der Waals surface area contributed by atoms with E-state index in [1.165, 1.54) is 0 Å². The van der Waals surface area contributed by atoms with Gasteiger partial charge in [0.05, 0.1) is 23.3 Å².